The van der Waals surface area contributed by atoms with Gasteiger partial charge < -0.3 is 5.32 Å². The number of halogens is 1. The SMILES string of the molecule is CCn1cc[n+](C)c1C(=O)NCCl. The summed E-state index contributed by atoms with van der Waals surface area (Å²) >= 11 is 5.41. The molecule has 1 aromatic rings. The lowest BCUT2D eigenvalue weighted by Gasteiger charge is -1.99. The maximum atomic E-state index is 11.5. The fraction of sp³-hybridized carbons (Fsp3) is 0.500. The molecule has 0 bridgehead atoms. The van der Waals surface area contributed by atoms with Crippen LogP contribution in [0.3, 0.4) is 0 Å². The molecule has 1 amide bonds. The van der Waals surface area contributed by atoms with Gasteiger partial charge in [0, 0.05) is 0 Å². The average molecular weight is 203 g/mol. The van der Waals surface area contributed by atoms with Crippen LogP contribution >= 0.6 is 11.6 Å². The van der Waals surface area contributed by atoms with E-state index in [0.29, 0.717) is 5.82 Å². The molecule has 1 N–H and O–H groups in total. The molecule has 13 heavy (non-hydrogen) atoms. The molecule has 1 rings (SSSR count). The van der Waals surface area contributed by atoms with Gasteiger partial charge in [0.15, 0.2) is 0 Å². The van der Waals surface area contributed by atoms with Crippen molar-refractivity contribution >= 4 is 17.5 Å². The molecule has 0 unspecified atom stereocenters. The molecule has 0 aliphatic rings. The van der Waals surface area contributed by atoms with Crippen molar-refractivity contribution in [2.45, 2.75) is 13.5 Å². The van der Waals surface area contributed by atoms with E-state index in [2.05, 4.69) is 5.32 Å². The molecule has 0 saturated heterocycles. The standard InChI is InChI=1S/C8H12ClN3O/c1-3-12-5-4-11(2)8(12)7(13)10-6-9/h4-5H,3,6H2,1-2H3/p+1. The highest BCUT2D eigenvalue weighted by Crippen LogP contribution is 1.94. The van der Waals surface area contributed by atoms with Crippen LogP contribution in [0.5, 0.6) is 0 Å². The quantitative estimate of drug-likeness (QED) is 0.426. The number of rotatable bonds is 3. The third-order valence-corrected chi connectivity index (χ3v) is 1.98. The van der Waals surface area contributed by atoms with Crippen LogP contribution in [0, 0.1) is 0 Å². The molecule has 0 saturated carbocycles. The Morgan fingerprint density at radius 3 is 3.00 bits per heavy atom. The van der Waals surface area contributed by atoms with Gasteiger partial charge in [-0.15, -0.1) is 11.6 Å². The second kappa shape index (κ2) is 4.28. The monoisotopic (exact) mass is 202 g/mol. The van der Waals surface area contributed by atoms with E-state index in [1.54, 1.807) is 4.57 Å². The van der Waals surface area contributed by atoms with Gasteiger partial charge in [-0.3, -0.25) is 4.79 Å². The summed E-state index contributed by atoms with van der Waals surface area (Å²) in [4.78, 5) is 11.5. The van der Waals surface area contributed by atoms with E-state index in [1.165, 1.54) is 0 Å². The third kappa shape index (κ3) is 2.01. The number of imidazole rings is 1. The van der Waals surface area contributed by atoms with Crippen LogP contribution in [-0.4, -0.2) is 16.5 Å². The van der Waals surface area contributed by atoms with Gasteiger partial charge in [-0.25, -0.2) is 9.13 Å². The maximum Gasteiger partial charge on any atom is 0.347 e. The highest BCUT2D eigenvalue weighted by atomic mass is 35.5. The molecule has 72 valence electrons. The Labute approximate surface area is 82.1 Å². The summed E-state index contributed by atoms with van der Waals surface area (Å²) in [5, 5.41) is 2.55. The Kier molecular flexibility index (Phi) is 3.31. The van der Waals surface area contributed by atoms with Gasteiger partial charge in [-0.1, -0.05) is 0 Å². The number of aryl methyl sites for hydroxylation is 2. The molecule has 0 radical (unpaired) electrons. The minimum atomic E-state index is -0.149. The molecule has 1 heterocycles. The lowest BCUT2D eigenvalue weighted by Crippen LogP contribution is -2.40. The normalized spacial score (nSPS) is 10.1. The van der Waals surface area contributed by atoms with Crippen molar-refractivity contribution in [1.29, 1.82) is 0 Å². The molecule has 4 nitrogen and oxygen atoms in total. The number of nitrogens with one attached hydrogen (secondary N) is 1. The van der Waals surface area contributed by atoms with E-state index < -0.39 is 0 Å². The highest BCUT2D eigenvalue weighted by Gasteiger charge is 2.21. The van der Waals surface area contributed by atoms with Crippen molar-refractivity contribution in [2.75, 3.05) is 6.00 Å². The van der Waals surface area contributed by atoms with Gasteiger partial charge in [0.2, 0.25) is 0 Å². The van der Waals surface area contributed by atoms with E-state index in [-0.39, 0.29) is 11.9 Å². The van der Waals surface area contributed by atoms with Crippen LogP contribution in [0.4, 0.5) is 0 Å². The molecule has 0 spiro atoms. The summed E-state index contributed by atoms with van der Waals surface area (Å²) < 4.78 is 3.63. The minimum absolute atomic E-state index is 0.133. The second-order valence-corrected chi connectivity index (χ2v) is 2.93. The summed E-state index contributed by atoms with van der Waals surface area (Å²) in [6, 6.07) is 0.133. The van der Waals surface area contributed by atoms with Crippen molar-refractivity contribution in [1.82, 2.24) is 9.88 Å². The molecule has 5 heteroatoms. The molecular formula is C8H13ClN3O+. The number of nitrogens with zero attached hydrogens (tertiary/aromatic N) is 2. The predicted octanol–water partition coefficient (Wildman–Crippen LogP) is 0.259. The Balaban J connectivity index is 2.96. The van der Waals surface area contributed by atoms with Crippen molar-refractivity contribution in [2.24, 2.45) is 7.05 Å². The Hall–Kier alpha value is -1.03. The topological polar surface area (TPSA) is 37.9 Å². The number of alkyl halides is 1. The van der Waals surface area contributed by atoms with Crippen molar-refractivity contribution < 1.29 is 9.36 Å². The fourth-order valence-corrected chi connectivity index (χ4v) is 1.33. The number of amides is 1. The summed E-state index contributed by atoms with van der Waals surface area (Å²) in [5.74, 6) is 0.465. The zero-order chi connectivity index (χ0) is 9.84. The highest BCUT2D eigenvalue weighted by molar-refractivity contribution is 6.18. The van der Waals surface area contributed by atoms with Gasteiger partial charge in [0.25, 0.3) is 0 Å². The van der Waals surface area contributed by atoms with Gasteiger partial charge in [-0.2, -0.15) is 0 Å². The molecule has 0 fully saturated rings. The average Bonchev–Trinajstić information content (AvgIpc) is 2.47. The van der Waals surface area contributed by atoms with Gasteiger partial charge in [-0.05, 0) is 6.92 Å². The van der Waals surface area contributed by atoms with E-state index in [4.69, 9.17) is 11.6 Å². The predicted molar refractivity (Wildman–Crippen MR) is 49.5 cm³/mol. The smallest absolute Gasteiger partial charge is 0.332 e. The van der Waals surface area contributed by atoms with Crippen molar-refractivity contribution in [3.05, 3.63) is 18.2 Å². The number of aromatic nitrogens is 2. The number of hydrogen-bond donors (Lipinski definition) is 1. The first-order chi connectivity index (χ1) is 6.20. The maximum absolute atomic E-state index is 11.5. The van der Waals surface area contributed by atoms with E-state index in [0.717, 1.165) is 6.54 Å². The summed E-state index contributed by atoms with van der Waals surface area (Å²) in [6.45, 7) is 2.75. The molecule has 0 aromatic carbocycles. The van der Waals surface area contributed by atoms with Crippen LogP contribution in [0.25, 0.3) is 0 Å². The zero-order valence-corrected chi connectivity index (χ0v) is 8.51. The van der Waals surface area contributed by atoms with E-state index in [1.807, 2.05) is 30.9 Å². The van der Waals surface area contributed by atoms with Gasteiger partial charge in [0.05, 0.1) is 19.6 Å². The Morgan fingerprint density at radius 1 is 1.77 bits per heavy atom. The number of carbonyl (C=O) groups excluding carboxylic acids is 1. The van der Waals surface area contributed by atoms with Crippen LogP contribution in [-0.2, 0) is 13.6 Å². The lowest BCUT2D eigenvalue weighted by atomic mass is 10.5. The zero-order valence-electron chi connectivity index (χ0n) is 7.75. The summed E-state index contributed by atoms with van der Waals surface area (Å²) in [6.07, 6.45) is 3.70. The van der Waals surface area contributed by atoms with E-state index >= 15 is 0 Å². The first-order valence-electron chi connectivity index (χ1n) is 4.09. The first kappa shape index (κ1) is 10.1. The Bertz CT molecular complexity index is 308. The summed E-state index contributed by atoms with van der Waals surface area (Å²) in [7, 11) is 1.83. The third-order valence-electron chi connectivity index (χ3n) is 1.85. The minimum Gasteiger partial charge on any atom is -0.332 e. The van der Waals surface area contributed by atoms with Crippen LogP contribution < -0.4 is 9.88 Å². The van der Waals surface area contributed by atoms with Gasteiger partial charge >= 0.3 is 11.7 Å². The molecule has 0 aliphatic carbocycles. The molecular weight excluding hydrogens is 190 g/mol. The van der Waals surface area contributed by atoms with Crippen molar-refractivity contribution in [3.63, 3.8) is 0 Å². The van der Waals surface area contributed by atoms with E-state index in [9.17, 15) is 4.79 Å². The molecule has 1 aromatic heterocycles. The Morgan fingerprint density at radius 2 is 2.46 bits per heavy atom. The van der Waals surface area contributed by atoms with Crippen LogP contribution in [0.15, 0.2) is 12.4 Å². The van der Waals surface area contributed by atoms with Gasteiger partial charge in [0.1, 0.15) is 12.4 Å². The first-order valence-corrected chi connectivity index (χ1v) is 4.63. The molecule has 0 atom stereocenters. The summed E-state index contributed by atoms with van der Waals surface area (Å²) in [5.41, 5.74) is 0. The fourth-order valence-electron chi connectivity index (χ4n) is 1.21. The largest absolute Gasteiger partial charge is 0.347 e. The number of carbonyl (C=O) groups is 1. The second-order valence-electron chi connectivity index (χ2n) is 2.66. The lowest BCUT2D eigenvalue weighted by molar-refractivity contribution is -0.673. The number of hydrogen-bond acceptors (Lipinski definition) is 1. The van der Waals surface area contributed by atoms with Crippen LogP contribution in [0.1, 0.15) is 17.5 Å². The van der Waals surface area contributed by atoms with Crippen molar-refractivity contribution in [3.8, 4) is 0 Å². The molecule has 0 aliphatic heterocycles. The van der Waals surface area contributed by atoms with Crippen LogP contribution in [0.2, 0.25) is 0 Å².